The molecule has 0 spiro atoms. The molecular formula is C12H19N3O5. The molecule has 0 fully saturated rings. The van der Waals surface area contributed by atoms with Crippen LogP contribution in [-0.4, -0.2) is 44.9 Å². The Bertz CT molecular complexity index is 446. The van der Waals surface area contributed by atoms with Crippen LogP contribution in [0.5, 0.6) is 0 Å². The molecule has 0 bridgehead atoms. The van der Waals surface area contributed by atoms with Crippen LogP contribution in [0.4, 0.5) is 0 Å². The lowest BCUT2D eigenvalue weighted by Crippen LogP contribution is -2.41. The highest BCUT2D eigenvalue weighted by Crippen LogP contribution is 2.03. The van der Waals surface area contributed by atoms with Crippen LogP contribution in [0.1, 0.15) is 37.9 Å². The molecule has 1 amide bonds. The van der Waals surface area contributed by atoms with Crippen LogP contribution in [0, 0.1) is 0 Å². The highest BCUT2D eigenvalue weighted by Gasteiger charge is 2.19. The zero-order valence-corrected chi connectivity index (χ0v) is 11.3. The first-order valence-electron chi connectivity index (χ1n) is 6.51. The lowest BCUT2D eigenvalue weighted by molar-refractivity contribution is -0.142. The Morgan fingerprint density at radius 2 is 2.15 bits per heavy atom. The summed E-state index contributed by atoms with van der Waals surface area (Å²) in [6.07, 6.45) is 1.91. The molecule has 1 aromatic rings. The van der Waals surface area contributed by atoms with Crippen molar-refractivity contribution in [3.05, 3.63) is 11.7 Å². The first-order chi connectivity index (χ1) is 9.56. The zero-order chi connectivity index (χ0) is 15.0. The number of nitrogens with one attached hydrogen (secondary N) is 1. The Labute approximate surface area is 116 Å². The van der Waals surface area contributed by atoms with E-state index < -0.39 is 17.9 Å². The van der Waals surface area contributed by atoms with Gasteiger partial charge in [0.05, 0.1) is 0 Å². The number of nitrogens with zero attached hydrogens (tertiary/aromatic N) is 2. The number of rotatable bonds is 9. The van der Waals surface area contributed by atoms with Gasteiger partial charge >= 0.3 is 5.97 Å². The number of aliphatic carboxylic acids is 1. The summed E-state index contributed by atoms with van der Waals surface area (Å²) < 4.78 is 4.97. The van der Waals surface area contributed by atoms with E-state index in [-0.39, 0.29) is 25.9 Å². The summed E-state index contributed by atoms with van der Waals surface area (Å²) in [6, 6.07) is -1.08. The Morgan fingerprint density at radius 1 is 1.40 bits per heavy atom. The molecule has 0 saturated heterocycles. The van der Waals surface area contributed by atoms with Gasteiger partial charge in [-0.25, -0.2) is 4.79 Å². The molecule has 1 atom stereocenters. The van der Waals surface area contributed by atoms with E-state index in [1.807, 2.05) is 6.92 Å². The van der Waals surface area contributed by atoms with E-state index in [4.69, 9.17) is 14.7 Å². The molecule has 3 N–H and O–H groups in total. The molecule has 1 rings (SSSR count). The Balaban J connectivity index is 2.39. The lowest BCUT2D eigenvalue weighted by Gasteiger charge is -2.12. The van der Waals surface area contributed by atoms with Gasteiger partial charge < -0.3 is 20.1 Å². The number of aromatic nitrogens is 2. The Morgan fingerprint density at radius 3 is 2.75 bits per heavy atom. The number of carbonyl (C=O) groups excluding carboxylic acids is 1. The fourth-order valence-electron chi connectivity index (χ4n) is 1.59. The topological polar surface area (TPSA) is 126 Å². The van der Waals surface area contributed by atoms with Crippen LogP contribution in [0.15, 0.2) is 4.52 Å². The van der Waals surface area contributed by atoms with E-state index in [0.29, 0.717) is 18.1 Å². The predicted molar refractivity (Wildman–Crippen MR) is 67.9 cm³/mol. The third-order valence-corrected chi connectivity index (χ3v) is 2.60. The van der Waals surface area contributed by atoms with Gasteiger partial charge in [0.1, 0.15) is 6.04 Å². The second kappa shape index (κ2) is 8.26. The van der Waals surface area contributed by atoms with Crippen LogP contribution in [0.2, 0.25) is 0 Å². The van der Waals surface area contributed by atoms with Crippen molar-refractivity contribution in [3.8, 4) is 0 Å². The molecule has 0 aliphatic carbocycles. The highest BCUT2D eigenvalue weighted by atomic mass is 16.5. The molecule has 0 aliphatic heterocycles. The monoisotopic (exact) mass is 285 g/mol. The molecule has 0 radical (unpaired) electrons. The van der Waals surface area contributed by atoms with Crippen molar-refractivity contribution in [1.82, 2.24) is 15.5 Å². The molecule has 1 aromatic heterocycles. The molecule has 8 nitrogen and oxygen atoms in total. The normalized spacial score (nSPS) is 12.1. The minimum absolute atomic E-state index is 0.0255. The molecule has 0 aromatic carbocycles. The van der Waals surface area contributed by atoms with Gasteiger partial charge in [0, 0.05) is 32.3 Å². The SMILES string of the molecule is CCCc1noc(CCC(=O)NC(CCO)C(=O)O)n1. The minimum Gasteiger partial charge on any atom is -0.480 e. The second-order valence-electron chi connectivity index (χ2n) is 4.32. The Kier molecular flexibility index (Phi) is 6.65. The molecule has 0 saturated carbocycles. The average Bonchev–Trinajstić information content (AvgIpc) is 2.84. The zero-order valence-electron chi connectivity index (χ0n) is 11.3. The van der Waals surface area contributed by atoms with Crippen LogP contribution in [0.25, 0.3) is 0 Å². The summed E-state index contributed by atoms with van der Waals surface area (Å²) in [4.78, 5) is 26.5. The largest absolute Gasteiger partial charge is 0.480 e. The van der Waals surface area contributed by atoms with Crippen molar-refractivity contribution in [2.75, 3.05) is 6.61 Å². The Hall–Kier alpha value is -1.96. The standard InChI is InChI=1S/C12H19N3O5/c1-2-3-9-14-11(20-15-9)5-4-10(17)13-8(6-7-16)12(18)19/h8,16H,2-7H2,1H3,(H,13,17)(H,18,19). The quantitative estimate of drug-likeness (QED) is 0.578. The van der Waals surface area contributed by atoms with Crippen molar-refractivity contribution in [1.29, 1.82) is 0 Å². The first kappa shape index (κ1) is 16.1. The van der Waals surface area contributed by atoms with E-state index in [1.54, 1.807) is 0 Å². The molecule has 20 heavy (non-hydrogen) atoms. The number of hydrogen-bond acceptors (Lipinski definition) is 6. The highest BCUT2D eigenvalue weighted by molar-refractivity contribution is 5.83. The lowest BCUT2D eigenvalue weighted by atomic mass is 10.2. The summed E-state index contributed by atoms with van der Waals surface area (Å²) in [5.74, 6) is -0.638. The number of carbonyl (C=O) groups is 2. The third-order valence-electron chi connectivity index (χ3n) is 2.60. The third kappa shape index (κ3) is 5.35. The van der Waals surface area contributed by atoms with Gasteiger partial charge in [-0.2, -0.15) is 4.98 Å². The maximum atomic E-state index is 11.6. The molecular weight excluding hydrogens is 266 g/mol. The van der Waals surface area contributed by atoms with Gasteiger partial charge in [-0.1, -0.05) is 12.1 Å². The predicted octanol–water partition coefficient (Wildman–Crippen LogP) is -0.0935. The summed E-state index contributed by atoms with van der Waals surface area (Å²) in [5, 5.41) is 23.6. The first-order valence-corrected chi connectivity index (χ1v) is 6.51. The van der Waals surface area contributed by atoms with Crippen molar-refractivity contribution < 1.29 is 24.3 Å². The molecule has 1 heterocycles. The number of amides is 1. The van der Waals surface area contributed by atoms with Crippen LogP contribution >= 0.6 is 0 Å². The summed E-state index contributed by atoms with van der Waals surface area (Å²) >= 11 is 0. The summed E-state index contributed by atoms with van der Waals surface area (Å²) in [7, 11) is 0. The van der Waals surface area contributed by atoms with Gasteiger partial charge in [0.2, 0.25) is 11.8 Å². The number of aryl methyl sites for hydroxylation is 2. The van der Waals surface area contributed by atoms with Gasteiger partial charge in [-0.15, -0.1) is 0 Å². The molecule has 112 valence electrons. The maximum absolute atomic E-state index is 11.6. The number of hydrogen-bond donors (Lipinski definition) is 3. The minimum atomic E-state index is -1.17. The van der Waals surface area contributed by atoms with Crippen molar-refractivity contribution >= 4 is 11.9 Å². The van der Waals surface area contributed by atoms with Gasteiger partial charge in [0.25, 0.3) is 0 Å². The van der Waals surface area contributed by atoms with E-state index >= 15 is 0 Å². The number of carboxylic acid groups (broad SMARTS) is 1. The molecule has 1 unspecified atom stereocenters. The second-order valence-corrected chi connectivity index (χ2v) is 4.32. The fourth-order valence-corrected chi connectivity index (χ4v) is 1.59. The summed E-state index contributed by atoms with van der Waals surface area (Å²) in [5.41, 5.74) is 0. The smallest absolute Gasteiger partial charge is 0.326 e. The number of carboxylic acids is 1. The van der Waals surface area contributed by atoms with Crippen LogP contribution in [-0.2, 0) is 22.4 Å². The maximum Gasteiger partial charge on any atom is 0.326 e. The van der Waals surface area contributed by atoms with Crippen LogP contribution in [0.3, 0.4) is 0 Å². The molecule has 8 heteroatoms. The fraction of sp³-hybridized carbons (Fsp3) is 0.667. The van der Waals surface area contributed by atoms with E-state index in [0.717, 1.165) is 6.42 Å². The number of aliphatic hydroxyl groups is 1. The molecule has 0 aliphatic rings. The van der Waals surface area contributed by atoms with Crippen molar-refractivity contribution in [2.45, 2.75) is 45.1 Å². The van der Waals surface area contributed by atoms with Gasteiger partial charge in [-0.3, -0.25) is 4.79 Å². The van der Waals surface area contributed by atoms with E-state index in [9.17, 15) is 9.59 Å². The van der Waals surface area contributed by atoms with Crippen molar-refractivity contribution in [3.63, 3.8) is 0 Å². The van der Waals surface area contributed by atoms with Gasteiger partial charge in [-0.05, 0) is 6.42 Å². The summed E-state index contributed by atoms with van der Waals surface area (Å²) in [6.45, 7) is 1.69. The number of aliphatic hydroxyl groups excluding tert-OH is 1. The van der Waals surface area contributed by atoms with Crippen molar-refractivity contribution in [2.24, 2.45) is 0 Å². The van der Waals surface area contributed by atoms with Crippen LogP contribution < -0.4 is 5.32 Å². The van der Waals surface area contributed by atoms with Gasteiger partial charge in [0.15, 0.2) is 5.82 Å². The van der Waals surface area contributed by atoms with E-state index in [2.05, 4.69) is 15.5 Å². The van der Waals surface area contributed by atoms with E-state index in [1.165, 1.54) is 0 Å². The average molecular weight is 285 g/mol.